The van der Waals surface area contributed by atoms with E-state index in [9.17, 15) is 9.59 Å². The van der Waals surface area contributed by atoms with Crippen molar-refractivity contribution in [1.82, 2.24) is 4.90 Å². The number of carbonyl (C=O) groups is 2. The fraction of sp³-hybridized carbons (Fsp3) is 0.565. The molecule has 162 valence electrons. The molecule has 0 aromatic heterocycles. The zero-order valence-electron chi connectivity index (χ0n) is 18.1. The Morgan fingerprint density at radius 2 is 2.13 bits per heavy atom. The van der Waals surface area contributed by atoms with Gasteiger partial charge in [-0.1, -0.05) is 19.4 Å². The minimum absolute atomic E-state index is 0.0206. The molecule has 0 radical (unpaired) electrons. The quantitative estimate of drug-likeness (QED) is 0.454. The number of hydrogen-bond acceptors (Lipinski definition) is 6. The van der Waals surface area contributed by atoms with Gasteiger partial charge in [-0.3, -0.25) is 9.69 Å². The van der Waals surface area contributed by atoms with Crippen molar-refractivity contribution in [2.45, 2.75) is 37.6 Å². The number of nitrogens with one attached hydrogen (secondary N) is 1. The monoisotopic (exact) mass is 414 g/mol. The molecule has 0 aliphatic carbocycles. The first-order valence-corrected chi connectivity index (χ1v) is 10.6. The number of piperidine rings is 1. The summed E-state index contributed by atoms with van der Waals surface area (Å²) in [5.41, 5.74) is 1.66. The summed E-state index contributed by atoms with van der Waals surface area (Å²) in [7, 11) is 4.58. The highest BCUT2D eigenvalue weighted by atomic mass is 16.5. The van der Waals surface area contributed by atoms with E-state index in [0.29, 0.717) is 17.9 Å². The summed E-state index contributed by atoms with van der Waals surface area (Å²) in [6.07, 6.45) is 3.88. The van der Waals surface area contributed by atoms with Gasteiger partial charge in [0.25, 0.3) is 0 Å². The molecule has 4 atom stereocenters. The fourth-order valence-corrected chi connectivity index (χ4v) is 5.88. The summed E-state index contributed by atoms with van der Waals surface area (Å²) in [6.45, 7) is 3.83. The number of anilines is 1. The molecule has 3 aliphatic rings. The Morgan fingerprint density at radius 3 is 2.80 bits per heavy atom. The number of carbonyl (C=O) groups excluding carboxylic acids is 2. The molecule has 7 nitrogen and oxygen atoms in total. The van der Waals surface area contributed by atoms with Crippen LogP contribution < -0.4 is 10.1 Å². The molecule has 1 aromatic carbocycles. The van der Waals surface area contributed by atoms with E-state index in [1.54, 1.807) is 14.2 Å². The number of esters is 1. The van der Waals surface area contributed by atoms with Crippen molar-refractivity contribution in [1.29, 1.82) is 0 Å². The van der Waals surface area contributed by atoms with Crippen molar-refractivity contribution < 1.29 is 23.8 Å². The van der Waals surface area contributed by atoms with Crippen molar-refractivity contribution in [2.24, 2.45) is 11.8 Å². The maximum atomic E-state index is 13.4. The van der Waals surface area contributed by atoms with E-state index < -0.39 is 5.41 Å². The molecule has 2 saturated heterocycles. The first kappa shape index (κ1) is 20.7. The average Bonchev–Trinajstić information content (AvgIpc) is 3.28. The van der Waals surface area contributed by atoms with E-state index in [-0.39, 0.29) is 23.8 Å². The van der Waals surface area contributed by atoms with E-state index in [1.807, 2.05) is 18.2 Å². The Labute approximate surface area is 177 Å². The summed E-state index contributed by atoms with van der Waals surface area (Å²) in [5.74, 6) is 0.652. The smallest absolute Gasteiger partial charge is 0.337 e. The van der Waals surface area contributed by atoms with Gasteiger partial charge < -0.3 is 19.5 Å². The van der Waals surface area contributed by atoms with E-state index in [1.165, 1.54) is 13.4 Å². The normalized spacial score (nSPS) is 30.6. The van der Waals surface area contributed by atoms with Gasteiger partial charge in [0, 0.05) is 23.8 Å². The van der Waals surface area contributed by atoms with Gasteiger partial charge in [-0.05, 0) is 43.4 Å². The lowest BCUT2D eigenvalue weighted by atomic mass is 9.67. The Bertz CT molecular complexity index is 882. The predicted molar refractivity (Wildman–Crippen MR) is 112 cm³/mol. The first-order valence-electron chi connectivity index (χ1n) is 10.6. The van der Waals surface area contributed by atoms with Gasteiger partial charge in [-0.25, -0.2) is 4.79 Å². The van der Waals surface area contributed by atoms with Crippen LogP contribution in [0.5, 0.6) is 5.75 Å². The van der Waals surface area contributed by atoms with Gasteiger partial charge in [0.15, 0.2) is 0 Å². The summed E-state index contributed by atoms with van der Waals surface area (Å²) in [6, 6.07) is 5.74. The van der Waals surface area contributed by atoms with Crippen molar-refractivity contribution in [3.05, 3.63) is 35.6 Å². The van der Waals surface area contributed by atoms with Crippen LogP contribution in [0.25, 0.3) is 0 Å². The molecule has 0 unspecified atom stereocenters. The highest BCUT2D eigenvalue weighted by Gasteiger charge is 2.61. The van der Waals surface area contributed by atoms with Gasteiger partial charge >= 0.3 is 5.97 Å². The van der Waals surface area contributed by atoms with Gasteiger partial charge in [-0.2, -0.15) is 0 Å². The largest absolute Gasteiger partial charge is 0.504 e. The number of methoxy groups -OCH3 is 3. The predicted octanol–water partition coefficient (Wildman–Crippen LogP) is 2.71. The molecule has 3 aliphatic heterocycles. The van der Waals surface area contributed by atoms with Crippen LogP contribution in [0, 0.1) is 11.8 Å². The van der Waals surface area contributed by atoms with E-state index >= 15 is 0 Å². The van der Waals surface area contributed by atoms with Crippen LogP contribution in [0.1, 0.15) is 31.7 Å². The van der Waals surface area contributed by atoms with Crippen LogP contribution in [-0.4, -0.2) is 57.2 Å². The molecule has 2 fully saturated rings. The Kier molecular flexibility index (Phi) is 5.49. The molecule has 1 amide bonds. The molecule has 1 N–H and O–H groups in total. The van der Waals surface area contributed by atoms with Crippen molar-refractivity contribution in [2.75, 3.05) is 39.7 Å². The zero-order valence-corrected chi connectivity index (χ0v) is 18.1. The number of amides is 1. The lowest BCUT2D eigenvalue weighted by molar-refractivity contribution is -0.137. The number of ether oxygens (including phenoxy) is 3. The van der Waals surface area contributed by atoms with Crippen LogP contribution in [0.2, 0.25) is 0 Å². The molecule has 1 spiro atoms. The summed E-state index contributed by atoms with van der Waals surface area (Å²) < 4.78 is 16.0. The first-order chi connectivity index (χ1) is 14.5. The topological polar surface area (TPSA) is 77.1 Å². The van der Waals surface area contributed by atoms with E-state index in [2.05, 4.69) is 17.1 Å². The summed E-state index contributed by atoms with van der Waals surface area (Å²) in [5, 5.41) is 3.09. The molecule has 4 rings (SSSR count). The molecular formula is C23H30N2O5. The second kappa shape index (κ2) is 7.95. The lowest BCUT2D eigenvalue weighted by Gasteiger charge is -2.45. The minimum atomic E-state index is -0.673. The lowest BCUT2D eigenvalue weighted by Crippen LogP contribution is -2.53. The second-order valence-electron chi connectivity index (χ2n) is 8.38. The van der Waals surface area contributed by atoms with Crippen molar-refractivity contribution >= 4 is 17.6 Å². The zero-order chi connectivity index (χ0) is 21.5. The number of benzene rings is 1. The molecule has 3 heterocycles. The van der Waals surface area contributed by atoms with Crippen molar-refractivity contribution in [3.8, 4) is 5.75 Å². The molecule has 7 heteroatoms. The SMILES string of the molecule is CC[C@H]1CN2CC[C@@]3(C(=O)Nc4cccc(OC)c43)[C@@H]2C[C@@H]1C(=COC)C(=O)OC. The van der Waals surface area contributed by atoms with Crippen LogP contribution >= 0.6 is 0 Å². The molecule has 30 heavy (non-hydrogen) atoms. The fourth-order valence-electron chi connectivity index (χ4n) is 5.88. The number of rotatable bonds is 5. The maximum absolute atomic E-state index is 13.4. The molecule has 0 saturated carbocycles. The molecule has 0 bridgehead atoms. The standard InChI is InChI=1S/C23H30N2O5/c1-5-14-12-25-10-9-23(19(25)11-15(14)16(13-28-2)21(26)30-4)20-17(24-22(23)27)7-6-8-18(20)29-3/h6-8,13-15,19H,5,9-12H2,1-4H3,(H,24,27)/t14-,15-,19-,23+/m0/s1. The third kappa shape index (κ3) is 2.90. The highest BCUT2D eigenvalue weighted by molar-refractivity contribution is 6.08. The van der Waals surface area contributed by atoms with Gasteiger partial charge in [0.05, 0.1) is 38.6 Å². The maximum Gasteiger partial charge on any atom is 0.337 e. The van der Waals surface area contributed by atoms with Gasteiger partial charge in [-0.15, -0.1) is 0 Å². The minimum Gasteiger partial charge on any atom is -0.504 e. The van der Waals surface area contributed by atoms with Crippen LogP contribution in [0.4, 0.5) is 5.69 Å². The van der Waals surface area contributed by atoms with Crippen LogP contribution in [0.3, 0.4) is 0 Å². The Morgan fingerprint density at radius 1 is 1.33 bits per heavy atom. The van der Waals surface area contributed by atoms with Gasteiger partial charge in [0.1, 0.15) is 5.75 Å². The van der Waals surface area contributed by atoms with Crippen LogP contribution in [-0.2, 0) is 24.5 Å². The average molecular weight is 415 g/mol. The van der Waals surface area contributed by atoms with Gasteiger partial charge in [0.2, 0.25) is 5.91 Å². The Balaban J connectivity index is 1.78. The van der Waals surface area contributed by atoms with Crippen molar-refractivity contribution in [3.63, 3.8) is 0 Å². The van der Waals surface area contributed by atoms with Crippen LogP contribution in [0.15, 0.2) is 30.0 Å². The highest BCUT2D eigenvalue weighted by Crippen LogP contribution is 2.55. The van der Waals surface area contributed by atoms with E-state index in [0.717, 1.165) is 42.9 Å². The van der Waals surface area contributed by atoms with E-state index in [4.69, 9.17) is 14.2 Å². The summed E-state index contributed by atoms with van der Waals surface area (Å²) in [4.78, 5) is 28.4. The number of fused-ring (bicyclic) bond motifs is 4. The Hall–Kier alpha value is -2.54. The third-order valence-corrected chi connectivity index (χ3v) is 7.25. The molecular weight excluding hydrogens is 384 g/mol. The third-order valence-electron chi connectivity index (χ3n) is 7.25. The number of hydrogen-bond donors (Lipinski definition) is 1. The second-order valence-corrected chi connectivity index (χ2v) is 8.38. The summed E-state index contributed by atoms with van der Waals surface area (Å²) >= 11 is 0. The number of nitrogens with zero attached hydrogens (tertiary/aromatic N) is 1. The molecule has 1 aromatic rings.